The fourth-order valence-corrected chi connectivity index (χ4v) is 4.61. The molecule has 0 fully saturated rings. The normalized spacial score (nSPS) is 12.1. The largest absolute Gasteiger partial charge is 0.354 e. The molecule has 0 heterocycles. The molecule has 2 amide bonds. The standard InChI is InChI=1S/C25H35N3O4S/c1-5-17-26-25(30)21(3)27(19-22-13-7-6-8-14-22)24(29)16-11-18-28(33(4,31)32)23-15-10-9-12-20(23)2/h6-10,12-15,21H,5,11,16-19H2,1-4H3,(H,26,30)/t21-/m0/s1. The van der Waals surface area contributed by atoms with Gasteiger partial charge in [0.15, 0.2) is 0 Å². The van der Waals surface area contributed by atoms with Crippen molar-refractivity contribution in [3.63, 3.8) is 0 Å². The van der Waals surface area contributed by atoms with Crippen LogP contribution in [-0.2, 0) is 26.2 Å². The van der Waals surface area contributed by atoms with E-state index in [0.717, 1.165) is 17.5 Å². The first-order valence-electron chi connectivity index (χ1n) is 11.3. The molecule has 0 unspecified atom stereocenters. The Bertz CT molecular complexity index is 1020. The summed E-state index contributed by atoms with van der Waals surface area (Å²) in [7, 11) is -3.50. The van der Waals surface area contributed by atoms with Crippen LogP contribution < -0.4 is 9.62 Å². The van der Waals surface area contributed by atoms with E-state index in [1.807, 2.05) is 56.3 Å². The van der Waals surface area contributed by atoms with Crippen molar-refractivity contribution in [1.82, 2.24) is 10.2 Å². The Balaban J connectivity index is 2.13. The zero-order valence-corrected chi connectivity index (χ0v) is 20.8. The van der Waals surface area contributed by atoms with Crippen molar-refractivity contribution < 1.29 is 18.0 Å². The molecule has 0 aromatic heterocycles. The lowest BCUT2D eigenvalue weighted by molar-refractivity contribution is -0.140. The lowest BCUT2D eigenvalue weighted by Gasteiger charge is -2.29. The Hall–Kier alpha value is -2.87. The molecule has 33 heavy (non-hydrogen) atoms. The highest BCUT2D eigenvalue weighted by Gasteiger charge is 2.26. The molecule has 180 valence electrons. The van der Waals surface area contributed by atoms with Crippen molar-refractivity contribution in [2.24, 2.45) is 0 Å². The van der Waals surface area contributed by atoms with E-state index in [4.69, 9.17) is 0 Å². The fourth-order valence-electron chi connectivity index (χ4n) is 3.58. The second-order valence-corrected chi connectivity index (χ2v) is 10.1. The first kappa shape index (κ1) is 26.4. The van der Waals surface area contributed by atoms with Gasteiger partial charge < -0.3 is 10.2 Å². The maximum absolute atomic E-state index is 13.2. The fraction of sp³-hybridized carbons (Fsp3) is 0.440. The van der Waals surface area contributed by atoms with Gasteiger partial charge in [0, 0.05) is 26.1 Å². The van der Waals surface area contributed by atoms with E-state index in [2.05, 4.69) is 5.32 Å². The highest BCUT2D eigenvalue weighted by atomic mass is 32.2. The van der Waals surface area contributed by atoms with E-state index in [1.54, 1.807) is 24.0 Å². The van der Waals surface area contributed by atoms with Crippen LogP contribution in [0.1, 0.15) is 44.2 Å². The summed E-state index contributed by atoms with van der Waals surface area (Å²) in [5, 5.41) is 2.85. The van der Waals surface area contributed by atoms with Crippen LogP contribution in [-0.4, -0.2) is 50.5 Å². The molecule has 0 bridgehead atoms. The number of nitrogens with one attached hydrogen (secondary N) is 1. The molecule has 1 N–H and O–H groups in total. The predicted molar refractivity (Wildman–Crippen MR) is 132 cm³/mol. The van der Waals surface area contributed by atoms with Crippen LogP contribution in [0.4, 0.5) is 5.69 Å². The van der Waals surface area contributed by atoms with Crippen LogP contribution in [0.15, 0.2) is 54.6 Å². The summed E-state index contributed by atoms with van der Waals surface area (Å²) >= 11 is 0. The number of benzene rings is 2. The number of carbonyl (C=O) groups is 2. The van der Waals surface area contributed by atoms with Gasteiger partial charge in [0.05, 0.1) is 11.9 Å². The van der Waals surface area contributed by atoms with Gasteiger partial charge >= 0.3 is 0 Å². The third-order valence-electron chi connectivity index (χ3n) is 5.45. The van der Waals surface area contributed by atoms with Crippen LogP contribution in [0, 0.1) is 6.92 Å². The van der Waals surface area contributed by atoms with Gasteiger partial charge in [0.1, 0.15) is 6.04 Å². The molecule has 2 aromatic rings. The summed E-state index contributed by atoms with van der Waals surface area (Å²) in [6, 6.07) is 16.2. The van der Waals surface area contributed by atoms with Crippen molar-refractivity contribution in [2.75, 3.05) is 23.7 Å². The lowest BCUT2D eigenvalue weighted by atomic mass is 10.1. The summed E-state index contributed by atoms with van der Waals surface area (Å²) in [6.07, 6.45) is 2.46. The molecular weight excluding hydrogens is 438 g/mol. The summed E-state index contributed by atoms with van der Waals surface area (Å²) in [4.78, 5) is 27.3. The summed E-state index contributed by atoms with van der Waals surface area (Å²) < 4.78 is 26.2. The number of carbonyl (C=O) groups excluding carboxylic acids is 2. The van der Waals surface area contributed by atoms with E-state index in [-0.39, 0.29) is 24.8 Å². The minimum absolute atomic E-state index is 0.135. The SMILES string of the molecule is CCCNC(=O)[C@H](C)N(Cc1ccccc1)C(=O)CCCN(c1ccccc1C)S(C)(=O)=O. The molecule has 0 aliphatic rings. The van der Waals surface area contributed by atoms with E-state index in [1.165, 1.54) is 10.6 Å². The molecule has 0 saturated heterocycles. The molecule has 1 atom stereocenters. The minimum Gasteiger partial charge on any atom is -0.354 e. The van der Waals surface area contributed by atoms with Crippen molar-refractivity contribution in [2.45, 2.75) is 52.6 Å². The molecule has 7 nitrogen and oxygen atoms in total. The number of nitrogens with zero attached hydrogens (tertiary/aromatic N) is 2. The number of para-hydroxylation sites is 1. The number of aryl methyl sites for hydroxylation is 1. The summed E-state index contributed by atoms with van der Waals surface area (Å²) in [5.41, 5.74) is 2.39. The van der Waals surface area contributed by atoms with E-state index >= 15 is 0 Å². The number of anilines is 1. The zero-order chi connectivity index (χ0) is 24.4. The lowest BCUT2D eigenvalue weighted by Crippen LogP contribution is -2.47. The van der Waals surface area contributed by atoms with Crippen LogP contribution in [0.25, 0.3) is 0 Å². The third-order valence-corrected chi connectivity index (χ3v) is 6.63. The second-order valence-electron chi connectivity index (χ2n) is 8.20. The number of hydrogen-bond acceptors (Lipinski definition) is 4. The highest BCUT2D eigenvalue weighted by Crippen LogP contribution is 2.23. The van der Waals surface area contributed by atoms with Crippen molar-refractivity contribution in [3.8, 4) is 0 Å². The van der Waals surface area contributed by atoms with Crippen LogP contribution >= 0.6 is 0 Å². The Labute approximate surface area is 197 Å². The smallest absolute Gasteiger partial charge is 0.242 e. The molecule has 0 saturated carbocycles. The maximum Gasteiger partial charge on any atom is 0.242 e. The third kappa shape index (κ3) is 7.89. The molecular formula is C25H35N3O4S. The van der Waals surface area contributed by atoms with Gasteiger partial charge in [-0.15, -0.1) is 0 Å². The molecule has 0 radical (unpaired) electrons. The van der Waals surface area contributed by atoms with Crippen LogP contribution in [0.3, 0.4) is 0 Å². The Morgan fingerprint density at radius 3 is 2.27 bits per heavy atom. The first-order chi connectivity index (χ1) is 15.6. The number of amides is 2. The maximum atomic E-state index is 13.2. The van der Waals surface area contributed by atoms with Gasteiger partial charge in [-0.25, -0.2) is 8.42 Å². The van der Waals surface area contributed by atoms with E-state index in [0.29, 0.717) is 25.2 Å². The molecule has 2 rings (SSSR count). The van der Waals surface area contributed by atoms with Gasteiger partial charge in [-0.2, -0.15) is 0 Å². The van der Waals surface area contributed by atoms with Gasteiger partial charge in [0.25, 0.3) is 0 Å². The van der Waals surface area contributed by atoms with Gasteiger partial charge in [-0.3, -0.25) is 13.9 Å². The number of rotatable bonds is 12. The quantitative estimate of drug-likeness (QED) is 0.511. The summed E-state index contributed by atoms with van der Waals surface area (Å²) in [5.74, 6) is -0.380. The monoisotopic (exact) mass is 473 g/mol. The topological polar surface area (TPSA) is 86.8 Å². The molecule has 0 aliphatic carbocycles. The minimum atomic E-state index is -3.50. The van der Waals surface area contributed by atoms with E-state index < -0.39 is 16.1 Å². The molecule has 8 heteroatoms. The van der Waals surface area contributed by atoms with Crippen LogP contribution in [0.5, 0.6) is 0 Å². The Morgan fingerprint density at radius 1 is 1.03 bits per heavy atom. The molecule has 0 spiro atoms. The predicted octanol–water partition coefficient (Wildman–Crippen LogP) is 3.48. The number of sulfonamides is 1. The summed E-state index contributed by atoms with van der Waals surface area (Å²) in [6.45, 7) is 6.61. The molecule has 2 aromatic carbocycles. The average Bonchev–Trinajstić information content (AvgIpc) is 2.78. The van der Waals surface area contributed by atoms with Gasteiger partial charge in [0.2, 0.25) is 21.8 Å². The zero-order valence-electron chi connectivity index (χ0n) is 20.0. The van der Waals surface area contributed by atoms with Crippen molar-refractivity contribution in [3.05, 3.63) is 65.7 Å². The van der Waals surface area contributed by atoms with Gasteiger partial charge in [-0.05, 0) is 43.9 Å². The van der Waals surface area contributed by atoms with Gasteiger partial charge in [-0.1, -0.05) is 55.5 Å². The Morgan fingerprint density at radius 2 is 1.67 bits per heavy atom. The first-order valence-corrected chi connectivity index (χ1v) is 13.1. The second kappa shape index (κ2) is 12.4. The van der Waals surface area contributed by atoms with Crippen LogP contribution in [0.2, 0.25) is 0 Å². The van der Waals surface area contributed by atoms with E-state index in [9.17, 15) is 18.0 Å². The Kier molecular flexibility index (Phi) is 9.91. The van der Waals surface area contributed by atoms with Crippen molar-refractivity contribution in [1.29, 1.82) is 0 Å². The molecule has 0 aliphatic heterocycles. The number of hydrogen-bond donors (Lipinski definition) is 1. The highest BCUT2D eigenvalue weighted by molar-refractivity contribution is 7.92. The average molecular weight is 474 g/mol. The van der Waals surface area contributed by atoms with Crippen molar-refractivity contribution >= 4 is 27.5 Å².